The van der Waals surface area contributed by atoms with Crippen LogP contribution in [0.1, 0.15) is 41.5 Å². The van der Waals surface area contributed by atoms with Crippen molar-refractivity contribution >= 4 is 27.0 Å². The summed E-state index contributed by atoms with van der Waals surface area (Å²) in [5.74, 6) is 0. The van der Waals surface area contributed by atoms with E-state index in [2.05, 4.69) is 61.2 Å². The van der Waals surface area contributed by atoms with Gasteiger partial charge in [-0.1, -0.05) is 61.2 Å². The average molecular weight is 298 g/mol. The van der Waals surface area contributed by atoms with Crippen molar-refractivity contribution < 1.29 is 4.42 Å². The summed E-state index contributed by atoms with van der Waals surface area (Å²) in [6.45, 7) is 21.1. The molecule has 0 saturated heterocycles. The first-order chi connectivity index (χ1) is 8.54. The van der Waals surface area contributed by atoms with E-state index in [0.717, 1.165) is 10.9 Å². The molecule has 0 unspecified atom stereocenters. The van der Waals surface area contributed by atoms with Crippen molar-refractivity contribution in [3.63, 3.8) is 0 Å². The maximum atomic E-state index is 6.31. The Morgan fingerprint density at radius 1 is 0.895 bits per heavy atom. The summed E-state index contributed by atoms with van der Waals surface area (Å²) in [7, 11) is -3.12. The SMILES string of the molecule is CC(C)[Si](c1ncc([Si](C)(C)C)o1)(C(C)C)C(C)C. The van der Waals surface area contributed by atoms with Gasteiger partial charge in [-0.25, -0.2) is 4.98 Å². The summed E-state index contributed by atoms with van der Waals surface area (Å²) in [4.78, 5) is 4.75. The molecule has 2 nitrogen and oxygen atoms in total. The van der Waals surface area contributed by atoms with Gasteiger partial charge in [0, 0.05) is 0 Å². The van der Waals surface area contributed by atoms with Crippen molar-refractivity contribution in [3.05, 3.63) is 6.20 Å². The quantitative estimate of drug-likeness (QED) is 0.765. The Hall–Kier alpha value is -0.356. The zero-order valence-electron chi connectivity index (χ0n) is 14.2. The average Bonchev–Trinajstić information content (AvgIpc) is 2.65. The molecular formula is C15H31NOSi2. The van der Waals surface area contributed by atoms with Gasteiger partial charge in [-0.15, -0.1) is 0 Å². The van der Waals surface area contributed by atoms with Crippen molar-refractivity contribution in [1.29, 1.82) is 0 Å². The van der Waals surface area contributed by atoms with Gasteiger partial charge in [-0.05, 0) is 16.6 Å². The molecule has 1 aromatic heterocycles. The van der Waals surface area contributed by atoms with Gasteiger partial charge < -0.3 is 4.42 Å². The third-order valence-corrected chi connectivity index (χ3v) is 12.9. The zero-order valence-corrected chi connectivity index (χ0v) is 16.2. The molecule has 0 saturated carbocycles. The molecule has 0 spiro atoms. The van der Waals surface area contributed by atoms with E-state index in [1.165, 1.54) is 0 Å². The third kappa shape index (κ3) is 2.89. The molecule has 0 radical (unpaired) electrons. The number of hydrogen-bond donors (Lipinski definition) is 0. The zero-order chi connectivity index (χ0) is 15.0. The molecular weight excluding hydrogens is 266 g/mol. The first-order valence-corrected chi connectivity index (χ1v) is 13.2. The Labute approximate surface area is 121 Å². The normalized spacial score (nSPS) is 13.9. The fraction of sp³-hybridized carbons (Fsp3) is 0.800. The molecule has 0 aliphatic heterocycles. The Kier molecular flexibility index (Phi) is 4.89. The van der Waals surface area contributed by atoms with Crippen LogP contribution in [0.4, 0.5) is 0 Å². The minimum absolute atomic E-state index is 0.653. The lowest BCUT2D eigenvalue weighted by molar-refractivity contribution is 0.608. The summed E-state index contributed by atoms with van der Waals surface area (Å²) >= 11 is 0. The van der Waals surface area contributed by atoms with Crippen molar-refractivity contribution in [2.75, 3.05) is 0 Å². The fourth-order valence-corrected chi connectivity index (χ4v) is 10.6. The molecule has 0 aliphatic carbocycles. The van der Waals surface area contributed by atoms with E-state index in [-0.39, 0.29) is 0 Å². The summed E-state index contributed by atoms with van der Waals surface area (Å²) < 4.78 is 6.31. The van der Waals surface area contributed by atoms with Crippen LogP contribution in [0.2, 0.25) is 36.3 Å². The highest BCUT2D eigenvalue weighted by Crippen LogP contribution is 2.40. The van der Waals surface area contributed by atoms with Gasteiger partial charge in [0.25, 0.3) is 0 Å². The van der Waals surface area contributed by atoms with E-state index >= 15 is 0 Å². The van der Waals surface area contributed by atoms with Crippen molar-refractivity contribution in [1.82, 2.24) is 4.98 Å². The minimum Gasteiger partial charge on any atom is -0.456 e. The molecule has 0 fully saturated rings. The highest BCUT2D eigenvalue weighted by Gasteiger charge is 2.49. The van der Waals surface area contributed by atoms with Crippen LogP contribution in [0.3, 0.4) is 0 Å². The van der Waals surface area contributed by atoms with Crippen LogP contribution in [0, 0.1) is 0 Å². The van der Waals surface area contributed by atoms with Gasteiger partial charge in [0.05, 0.1) is 6.20 Å². The molecule has 1 heterocycles. The first kappa shape index (κ1) is 16.7. The van der Waals surface area contributed by atoms with E-state index < -0.39 is 16.1 Å². The van der Waals surface area contributed by atoms with E-state index in [9.17, 15) is 0 Å². The molecule has 1 aromatic rings. The molecule has 0 N–H and O–H groups in total. The van der Waals surface area contributed by atoms with Crippen molar-refractivity contribution in [3.8, 4) is 0 Å². The number of hydrogen-bond acceptors (Lipinski definition) is 2. The van der Waals surface area contributed by atoms with Gasteiger partial charge in [-0.2, -0.15) is 0 Å². The van der Waals surface area contributed by atoms with E-state index in [0.29, 0.717) is 16.6 Å². The fourth-order valence-electron chi connectivity index (χ4n) is 3.56. The highest BCUT2D eigenvalue weighted by atomic mass is 28.3. The van der Waals surface area contributed by atoms with E-state index in [1.807, 2.05) is 6.20 Å². The van der Waals surface area contributed by atoms with E-state index in [1.54, 1.807) is 0 Å². The second-order valence-electron chi connectivity index (χ2n) is 7.68. The van der Waals surface area contributed by atoms with Crippen molar-refractivity contribution in [2.24, 2.45) is 0 Å². The summed E-state index contributed by atoms with van der Waals surface area (Å²) in [5.41, 5.74) is 3.05. The Bertz CT molecular complexity index is 394. The minimum atomic E-state index is -1.72. The van der Waals surface area contributed by atoms with Gasteiger partial charge in [-0.3, -0.25) is 0 Å². The molecule has 0 aliphatic rings. The molecule has 19 heavy (non-hydrogen) atoms. The monoisotopic (exact) mass is 297 g/mol. The lowest BCUT2D eigenvalue weighted by Gasteiger charge is -2.39. The van der Waals surface area contributed by atoms with E-state index in [4.69, 9.17) is 9.40 Å². The number of aromatic nitrogens is 1. The van der Waals surface area contributed by atoms with Crippen LogP contribution >= 0.6 is 0 Å². The maximum Gasteiger partial charge on any atom is 0.166 e. The molecule has 0 atom stereocenters. The van der Waals surface area contributed by atoms with Crippen LogP contribution in [0.15, 0.2) is 10.6 Å². The number of rotatable bonds is 5. The van der Waals surface area contributed by atoms with Crippen LogP contribution in [0.25, 0.3) is 0 Å². The molecule has 0 aromatic carbocycles. The van der Waals surface area contributed by atoms with Crippen LogP contribution in [0.5, 0.6) is 0 Å². The summed E-state index contributed by atoms with van der Waals surface area (Å²) in [6, 6.07) is 0. The summed E-state index contributed by atoms with van der Waals surface area (Å²) in [5, 5.41) is 1.15. The second-order valence-corrected chi connectivity index (χ2v) is 18.4. The molecule has 0 amide bonds. The van der Waals surface area contributed by atoms with Gasteiger partial charge in [0.1, 0.15) is 13.5 Å². The topological polar surface area (TPSA) is 26.0 Å². The van der Waals surface area contributed by atoms with Crippen LogP contribution in [-0.4, -0.2) is 21.1 Å². The molecule has 4 heteroatoms. The Morgan fingerprint density at radius 3 is 1.58 bits per heavy atom. The Balaban J connectivity index is 3.38. The number of nitrogens with zero attached hydrogens (tertiary/aromatic N) is 1. The van der Waals surface area contributed by atoms with Gasteiger partial charge in [0.2, 0.25) is 0 Å². The first-order valence-electron chi connectivity index (χ1n) is 7.51. The lowest BCUT2D eigenvalue weighted by atomic mass is 10.5. The predicted octanol–water partition coefficient (Wildman–Crippen LogP) is 4.11. The van der Waals surface area contributed by atoms with Crippen LogP contribution < -0.4 is 10.9 Å². The molecule has 1 rings (SSSR count). The number of oxazole rings is 1. The standard InChI is InChI=1S/C15H31NOSi2/c1-11(2)19(12(3)4,13(5)6)15-16-10-14(17-15)18(7,8)9/h10-13H,1-9H3. The molecule has 0 bridgehead atoms. The second kappa shape index (κ2) is 5.56. The van der Waals surface area contributed by atoms with Gasteiger partial charge in [0.15, 0.2) is 13.6 Å². The lowest BCUT2D eigenvalue weighted by Crippen LogP contribution is -2.56. The van der Waals surface area contributed by atoms with Crippen LogP contribution in [-0.2, 0) is 0 Å². The highest BCUT2D eigenvalue weighted by molar-refractivity contribution is 6.94. The Morgan fingerprint density at radius 2 is 1.32 bits per heavy atom. The maximum absolute atomic E-state index is 6.31. The van der Waals surface area contributed by atoms with Gasteiger partial charge >= 0.3 is 0 Å². The van der Waals surface area contributed by atoms with Crippen molar-refractivity contribution in [2.45, 2.75) is 77.8 Å². The smallest absolute Gasteiger partial charge is 0.166 e. The third-order valence-electron chi connectivity index (χ3n) is 4.48. The predicted molar refractivity (Wildman–Crippen MR) is 90.2 cm³/mol. The summed E-state index contributed by atoms with van der Waals surface area (Å²) in [6.07, 6.45) is 2.01. The molecule has 110 valence electrons. The largest absolute Gasteiger partial charge is 0.456 e.